The van der Waals surface area contributed by atoms with Crippen LogP contribution in [0.25, 0.3) is 11.5 Å². The third kappa shape index (κ3) is 5.72. The summed E-state index contributed by atoms with van der Waals surface area (Å²) in [6.07, 6.45) is 1.65. The Labute approximate surface area is 187 Å². The van der Waals surface area contributed by atoms with Gasteiger partial charge in [0, 0.05) is 32.2 Å². The zero-order valence-electron chi connectivity index (χ0n) is 18.1. The molecule has 1 aliphatic heterocycles. The molecule has 1 aromatic heterocycles. The third-order valence-corrected chi connectivity index (χ3v) is 5.44. The van der Waals surface area contributed by atoms with Crippen molar-refractivity contribution in [2.24, 2.45) is 4.99 Å². The van der Waals surface area contributed by atoms with Crippen LogP contribution in [-0.4, -0.2) is 55.7 Å². The van der Waals surface area contributed by atoms with Gasteiger partial charge in [0.05, 0.1) is 31.5 Å². The summed E-state index contributed by atoms with van der Waals surface area (Å²) in [4.78, 5) is 11.2. The Morgan fingerprint density at radius 3 is 2.56 bits per heavy atom. The quantitative estimate of drug-likeness (QED) is 0.437. The first-order chi connectivity index (χ1) is 15.7. The van der Waals surface area contributed by atoms with E-state index in [0.29, 0.717) is 38.2 Å². The van der Waals surface area contributed by atoms with Crippen molar-refractivity contribution in [3.05, 3.63) is 77.9 Å². The van der Waals surface area contributed by atoms with E-state index in [-0.39, 0.29) is 11.9 Å². The van der Waals surface area contributed by atoms with Gasteiger partial charge in [0.2, 0.25) is 5.89 Å². The SMILES string of the molecule is CN=C(NCc1coc(-c2ccccc2)n1)NCC(c1ccc(F)cc1)N1CCOCC1. The lowest BCUT2D eigenvalue weighted by Gasteiger charge is -2.35. The summed E-state index contributed by atoms with van der Waals surface area (Å²) in [5.74, 6) is 1.02. The standard InChI is InChI=1S/C24H28FN5O2/c1-26-24(27-15-21-17-32-23(29-21)19-5-3-2-4-6-19)28-16-22(30-11-13-31-14-12-30)18-7-9-20(25)10-8-18/h2-10,17,22H,11-16H2,1H3,(H2,26,27,28). The van der Waals surface area contributed by atoms with Crippen molar-refractivity contribution in [2.45, 2.75) is 12.6 Å². The third-order valence-electron chi connectivity index (χ3n) is 5.44. The van der Waals surface area contributed by atoms with E-state index < -0.39 is 0 Å². The molecule has 2 N–H and O–H groups in total. The molecule has 0 spiro atoms. The molecule has 0 amide bonds. The number of aliphatic imine (C=N–C) groups is 1. The molecule has 1 fully saturated rings. The van der Waals surface area contributed by atoms with Gasteiger partial charge in [-0.1, -0.05) is 30.3 Å². The second kappa shape index (κ2) is 10.9. The minimum Gasteiger partial charge on any atom is -0.444 e. The number of rotatable bonds is 7. The Hall–Kier alpha value is -3.23. The first-order valence-electron chi connectivity index (χ1n) is 10.7. The van der Waals surface area contributed by atoms with Crippen molar-refractivity contribution in [1.29, 1.82) is 0 Å². The van der Waals surface area contributed by atoms with Crippen LogP contribution in [-0.2, 0) is 11.3 Å². The monoisotopic (exact) mass is 437 g/mol. The van der Waals surface area contributed by atoms with Crippen LogP contribution in [0.15, 0.2) is 70.3 Å². The van der Waals surface area contributed by atoms with E-state index >= 15 is 0 Å². The number of aromatic nitrogens is 1. The van der Waals surface area contributed by atoms with Crippen molar-refractivity contribution in [1.82, 2.24) is 20.5 Å². The highest BCUT2D eigenvalue weighted by Crippen LogP contribution is 2.22. The molecule has 0 saturated carbocycles. The number of halogens is 1. The molecule has 4 rings (SSSR count). The number of ether oxygens (including phenoxy) is 1. The largest absolute Gasteiger partial charge is 0.444 e. The molecule has 32 heavy (non-hydrogen) atoms. The summed E-state index contributed by atoms with van der Waals surface area (Å²) in [6.45, 7) is 4.16. The summed E-state index contributed by atoms with van der Waals surface area (Å²) in [6, 6.07) is 16.6. The maximum absolute atomic E-state index is 13.4. The lowest BCUT2D eigenvalue weighted by Crippen LogP contribution is -2.46. The molecule has 7 nitrogen and oxygen atoms in total. The van der Waals surface area contributed by atoms with E-state index in [1.807, 2.05) is 42.5 Å². The van der Waals surface area contributed by atoms with Crippen molar-refractivity contribution < 1.29 is 13.5 Å². The van der Waals surface area contributed by atoms with E-state index in [1.54, 1.807) is 13.3 Å². The van der Waals surface area contributed by atoms with E-state index in [1.165, 1.54) is 12.1 Å². The van der Waals surface area contributed by atoms with Crippen LogP contribution >= 0.6 is 0 Å². The number of hydrogen-bond acceptors (Lipinski definition) is 5. The smallest absolute Gasteiger partial charge is 0.226 e. The molecule has 1 aliphatic rings. The molecule has 168 valence electrons. The Morgan fingerprint density at radius 2 is 1.84 bits per heavy atom. The molecule has 2 aromatic carbocycles. The summed E-state index contributed by atoms with van der Waals surface area (Å²) in [7, 11) is 1.73. The average Bonchev–Trinajstić information content (AvgIpc) is 3.32. The van der Waals surface area contributed by atoms with E-state index in [2.05, 4.69) is 25.5 Å². The van der Waals surface area contributed by atoms with Crippen molar-refractivity contribution in [2.75, 3.05) is 39.9 Å². The molecular formula is C24H28FN5O2. The molecule has 1 unspecified atom stereocenters. The number of benzene rings is 2. The fourth-order valence-electron chi connectivity index (χ4n) is 3.72. The number of nitrogens with zero attached hydrogens (tertiary/aromatic N) is 3. The molecule has 0 bridgehead atoms. The number of oxazole rings is 1. The molecule has 8 heteroatoms. The number of guanidine groups is 1. The Balaban J connectivity index is 1.36. The van der Waals surface area contributed by atoms with Gasteiger partial charge in [0.25, 0.3) is 0 Å². The fourth-order valence-corrected chi connectivity index (χ4v) is 3.72. The first kappa shape index (κ1) is 22.0. The molecule has 0 aliphatic carbocycles. The topological polar surface area (TPSA) is 74.9 Å². The van der Waals surface area contributed by atoms with Crippen molar-refractivity contribution >= 4 is 5.96 Å². The second-order valence-electron chi connectivity index (χ2n) is 7.53. The summed E-state index contributed by atoms with van der Waals surface area (Å²) in [5.41, 5.74) is 2.78. The number of nitrogens with one attached hydrogen (secondary N) is 2. The predicted octanol–water partition coefficient (Wildman–Crippen LogP) is 3.22. The Bertz CT molecular complexity index is 1000. The van der Waals surface area contributed by atoms with E-state index in [9.17, 15) is 4.39 Å². The zero-order chi connectivity index (χ0) is 22.2. The highest BCUT2D eigenvalue weighted by Gasteiger charge is 2.23. The van der Waals surface area contributed by atoms with E-state index in [0.717, 1.165) is 29.9 Å². The van der Waals surface area contributed by atoms with Crippen LogP contribution in [0, 0.1) is 5.82 Å². The zero-order valence-corrected chi connectivity index (χ0v) is 18.1. The highest BCUT2D eigenvalue weighted by molar-refractivity contribution is 5.79. The van der Waals surface area contributed by atoms with Gasteiger partial charge in [-0.2, -0.15) is 0 Å². The maximum Gasteiger partial charge on any atom is 0.226 e. The fraction of sp³-hybridized carbons (Fsp3) is 0.333. The molecule has 1 saturated heterocycles. The second-order valence-corrected chi connectivity index (χ2v) is 7.53. The normalized spacial score (nSPS) is 16.0. The lowest BCUT2D eigenvalue weighted by molar-refractivity contribution is 0.0170. The van der Waals surface area contributed by atoms with Crippen LogP contribution in [0.4, 0.5) is 4.39 Å². The van der Waals surface area contributed by atoms with Crippen molar-refractivity contribution in [3.63, 3.8) is 0 Å². The van der Waals surface area contributed by atoms with Gasteiger partial charge in [-0.25, -0.2) is 9.37 Å². The van der Waals surface area contributed by atoms with Crippen LogP contribution in [0.1, 0.15) is 17.3 Å². The van der Waals surface area contributed by atoms with E-state index in [4.69, 9.17) is 9.15 Å². The Morgan fingerprint density at radius 1 is 1.09 bits per heavy atom. The summed E-state index contributed by atoms with van der Waals surface area (Å²) < 4.78 is 24.5. The molecule has 3 aromatic rings. The van der Waals surface area contributed by atoms with Crippen LogP contribution in [0.3, 0.4) is 0 Å². The lowest BCUT2D eigenvalue weighted by atomic mass is 10.0. The van der Waals surface area contributed by atoms with Gasteiger partial charge in [-0.05, 0) is 29.8 Å². The van der Waals surface area contributed by atoms with Crippen molar-refractivity contribution in [3.8, 4) is 11.5 Å². The molecule has 1 atom stereocenters. The molecular weight excluding hydrogens is 409 g/mol. The van der Waals surface area contributed by atoms with Gasteiger partial charge in [-0.15, -0.1) is 0 Å². The van der Waals surface area contributed by atoms with Crippen LogP contribution < -0.4 is 10.6 Å². The summed E-state index contributed by atoms with van der Waals surface area (Å²) in [5, 5.41) is 6.68. The summed E-state index contributed by atoms with van der Waals surface area (Å²) >= 11 is 0. The van der Waals surface area contributed by atoms with Crippen LogP contribution in [0.2, 0.25) is 0 Å². The van der Waals surface area contributed by atoms with Gasteiger partial charge in [0.1, 0.15) is 12.1 Å². The van der Waals surface area contributed by atoms with Crippen LogP contribution in [0.5, 0.6) is 0 Å². The molecule has 0 radical (unpaired) electrons. The first-order valence-corrected chi connectivity index (χ1v) is 10.7. The highest BCUT2D eigenvalue weighted by atomic mass is 19.1. The van der Waals surface area contributed by atoms with Gasteiger partial charge in [-0.3, -0.25) is 9.89 Å². The minimum atomic E-state index is -0.234. The minimum absolute atomic E-state index is 0.0785. The number of morpholine rings is 1. The Kier molecular flexibility index (Phi) is 7.47. The number of hydrogen-bond donors (Lipinski definition) is 2. The van der Waals surface area contributed by atoms with Gasteiger partial charge in [0.15, 0.2) is 5.96 Å². The van der Waals surface area contributed by atoms with Gasteiger partial charge >= 0.3 is 0 Å². The average molecular weight is 438 g/mol. The predicted molar refractivity (Wildman–Crippen MR) is 122 cm³/mol. The molecule has 2 heterocycles. The van der Waals surface area contributed by atoms with Gasteiger partial charge < -0.3 is 19.8 Å². The maximum atomic E-state index is 13.4.